The molecule has 0 radical (unpaired) electrons. The van der Waals surface area contributed by atoms with Crippen molar-refractivity contribution < 1.29 is 14.7 Å². The van der Waals surface area contributed by atoms with Crippen molar-refractivity contribution in [2.75, 3.05) is 7.11 Å². The van der Waals surface area contributed by atoms with Crippen LogP contribution in [0.15, 0.2) is 47.8 Å². The second-order valence-corrected chi connectivity index (χ2v) is 3.65. The fourth-order valence-electron chi connectivity index (χ4n) is 1.44. The van der Waals surface area contributed by atoms with Crippen molar-refractivity contribution in [2.45, 2.75) is 0 Å². The normalized spacial score (nSPS) is 11.1. The lowest BCUT2D eigenvalue weighted by Gasteiger charge is -2.07. The van der Waals surface area contributed by atoms with Crippen LogP contribution in [0.1, 0.15) is 5.69 Å². The quantitative estimate of drug-likeness (QED) is 0.379. The van der Waals surface area contributed by atoms with E-state index in [2.05, 4.69) is 10.1 Å². The van der Waals surface area contributed by atoms with E-state index in [1.807, 2.05) is 12.1 Å². The molecule has 0 amide bonds. The first-order valence-corrected chi connectivity index (χ1v) is 5.49. The van der Waals surface area contributed by atoms with E-state index >= 15 is 0 Å². The smallest absolute Gasteiger partial charge is 0.188 e. The maximum absolute atomic E-state index is 8.53. The summed E-state index contributed by atoms with van der Waals surface area (Å²) in [4.78, 5) is 4.02. The summed E-state index contributed by atoms with van der Waals surface area (Å²) in [7, 11) is 1.59. The molecule has 2 aromatic rings. The van der Waals surface area contributed by atoms with Crippen LogP contribution in [0.5, 0.6) is 17.2 Å². The van der Waals surface area contributed by atoms with Crippen LogP contribution >= 0.6 is 0 Å². The number of pyridine rings is 1. The zero-order valence-electron chi connectivity index (χ0n) is 10.3. The minimum atomic E-state index is -0.0482. The molecule has 0 unspecified atom stereocenters. The lowest BCUT2D eigenvalue weighted by molar-refractivity contribution is 0.318. The largest absolute Gasteiger partial charge is 0.497 e. The Bertz CT molecular complexity index is 582. The molecule has 2 rings (SSSR count). The van der Waals surface area contributed by atoms with Crippen LogP contribution in [0.3, 0.4) is 0 Å². The SMILES string of the molecule is COc1cccc(Oc2ccc(/C(N)=N/O)nc2)c1. The third-order valence-electron chi connectivity index (χ3n) is 2.38. The van der Waals surface area contributed by atoms with E-state index in [0.717, 1.165) is 0 Å². The number of oxime groups is 1. The van der Waals surface area contributed by atoms with Gasteiger partial charge in [-0.25, -0.2) is 4.98 Å². The van der Waals surface area contributed by atoms with Crippen LogP contribution in [0.25, 0.3) is 0 Å². The Morgan fingerprint density at radius 3 is 2.63 bits per heavy atom. The van der Waals surface area contributed by atoms with Crippen LogP contribution in [-0.4, -0.2) is 23.1 Å². The Morgan fingerprint density at radius 2 is 2.00 bits per heavy atom. The minimum Gasteiger partial charge on any atom is -0.497 e. The minimum absolute atomic E-state index is 0.0482. The standard InChI is InChI=1S/C13H13N3O3/c1-18-9-3-2-4-10(7-9)19-11-5-6-12(15-8-11)13(14)16-17/h2-8,17H,1H3,(H2,14,16). The van der Waals surface area contributed by atoms with Gasteiger partial charge in [-0.05, 0) is 24.3 Å². The maximum atomic E-state index is 8.53. The van der Waals surface area contributed by atoms with Crippen molar-refractivity contribution in [1.29, 1.82) is 0 Å². The van der Waals surface area contributed by atoms with Gasteiger partial charge in [0.05, 0.1) is 13.3 Å². The average Bonchev–Trinajstić information content (AvgIpc) is 2.47. The number of rotatable bonds is 4. The third kappa shape index (κ3) is 3.12. The highest BCUT2D eigenvalue weighted by molar-refractivity contribution is 5.95. The van der Waals surface area contributed by atoms with E-state index in [1.54, 1.807) is 31.4 Å². The van der Waals surface area contributed by atoms with Crippen LogP contribution in [0.2, 0.25) is 0 Å². The van der Waals surface area contributed by atoms with E-state index < -0.39 is 0 Å². The first-order chi connectivity index (χ1) is 9.22. The van der Waals surface area contributed by atoms with Crippen molar-refractivity contribution in [3.63, 3.8) is 0 Å². The summed E-state index contributed by atoms with van der Waals surface area (Å²) in [6, 6.07) is 10.5. The molecule has 0 aliphatic rings. The molecule has 0 aliphatic carbocycles. The molecule has 19 heavy (non-hydrogen) atoms. The van der Waals surface area contributed by atoms with Crippen LogP contribution in [0, 0.1) is 0 Å². The highest BCUT2D eigenvalue weighted by atomic mass is 16.5. The van der Waals surface area contributed by atoms with Crippen molar-refractivity contribution in [1.82, 2.24) is 4.98 Å². The number of aromatic nitrogens is 1. The molecular formula is C13H13N3O3. The van der Waals surface area contributed by atoms with E-state index in [9.17, 15) is 0 Å². The molecule has 98 valence electrons. The number of nitrogens with two attached hydrogens (primary N) is 1. The monoisotopic (exact) mass is 259 g/mol. The Kier molecular flexibility index (Phi) is 3.82. The molecule has 0 atom stereocenters. The number of benzene rings is 1. The van der Waals surface area contributed by atoms with Crippen molar-refractivity contribution >= 4 is 5.84 Å². The second-order valence-electron chi connectivity index (χ2n) is 3.65. The zero-order valence-corrected chi connectivity index (χ0v) is 10.3. The molecule has 0 bridgehead atoms. The molecular weight excluding hydrogens is 246 g/mol. The van der Waals surface area contributed by atoms with E-state index in [-0.39, 0.29) is 5.84 Å². The summed E-state index contributed by atoms with van der Waals surface area (Å²) in [6.07, 6.45) is 1.49. The number of hydrogen-bond acceptors (Lipinski definition) is 5. The molecule has 0 aliphatic heterocycles. The number of amidine groups is 1. The predicted octanol–water partition coefficient (Wildman–Crippen LogP) is 1.98. The highest BCUT2D eigenvalue weighted by Crippen LogP contribution is 2.24. The van der Waals surface area contributed by atoms with Crippen molar-refractivity contribution in [2.24, 2.45) is 10.9 Å². The van der Waals surface area contributed by atoms with Gasteiger partial charge >= 0.3 is 0 Å². The Morgan fingerprint density at radius 1 is 1.21 bits per heavy atom. The van der Waals surface area contributed by atoms with E-state index in [1.165, 1.54) is 6.20 Å². The van der Waals surface area contributed by atoms with E-state index in [4.69, 9.17) is 20.4 Å². The third-order valence-corrected chi connectivity index (χ3v) is 2.38. The maximum Gasteiger partial charge on any atom is 0.188 e. The summed E-state index contributed by atoms with van der Waals surface area (Å²) in [5.74, 6) is 1.84. The summed E-state index contributed by atoms with van der Waals surface area (Å²) in [6.45, 7) is 0. The average molecular weight is 259 g/mol. The van der Waals surface area contributed by atoms with E-state index in [0.29, 0.717) is 22.9 Å². The van der Waals surface area contributed by atoms with Crippen LogP contribution < -0.4 is 15.2 Å². The van der Waals surface area contributed by atoms with Gasteiger partial charge in [0.15, 0.2) is 5.84 Å². The molecule has 1 heterocycles. The lowest BCUT2D eigenvalue weighted by Crippen LogP contribution is -2.14. The lowest BCUT2D eigenvalue weighted by atomic mass is 10.3. The van der Waals surface area contributed by atoms with Crippen molar-refractivity contribution in [3.05, 3.63) is 48.3 Å². The molecule has 6 nitrogen and oxygen atoms in total. The number of ether oxygens (including phenoxy) is 2. The molecule has 0 spiro atoms. The van der Waals surface area contributed by atoms with Gasteiger partial charge in [0.2, 0.25) is 0 Å². The van der Waals surface area contributed by atoms with Gasteiger partial charge in [0.1, 0.15) is 22.9 Å². The molecule has 6 heteroatoms. The molecule has 1 aromatic heterocycles. The fraction of sp³-hybridized carbons (Fsp3) is 0.0769. The number of hydrogen-bond donors (Lipinski definition) is 2. The van der Waals surface area contributed by atoms with Crippen LogP contribution in [-0.2, 0) is 0 Å². The molecule has 1 aromatic carbocycles. The summed E-state index contributed by atoms with van der Waals surface area (Å²) in [5, 5.41) is 11.4. The fourth-order valence-corrected chi connectivity index (χ4v) is 1.44. The molecule has 0 fully saturated rings. The first kappa shape index (κ1) is 12.7. The second kappa shape index (κ2) is 5.72. The van der Waals surface area contributed by atoms with Gasteiger partial charge in [-0.3, -0.25) is 0 Å². The van der Waals surface area contributed by atoms with Gasteiger partial charge in [-0.1, -0.05) is 11.2 Å². The first-order valence-electron chi connectivity index (χ1n) is 5.49. The van der Waals surface area contributed by atoms with Gasteiger partial charge in [0, 0.05) is 6.07 Å². The summed E-state index contributed by atoms with van der Waals surface area (Å²) >= 11 is 0. The highest BCUT2D eigenvalue weighted by Gasteiger charge is 2.03. The van der Waals surface area contributed by atoms with Gasteiger partial charge < -0.3 is 20.4 Å². The molecule has 3 N–H and O–H groups in total. The summed E-state index contributed by atoms with van der Waals surface area (Å²) in [5.41, 5.74) is 5.79. The summed E-state index contributed by atoms with van der Waals surface area (Å²) < 4.78 is 10.7. The van der Waals surface area contributed by atoms with Gasteiger partial charge in [0.25, 0.3) is 0 Å². The Hall–Kier alpha value is -2.76. The van der Waals surface area contributed by atoms with Gasteiger partial charge in [-0.15, -0.1) is 0 Å². The number of methoxy groups -OCH3 is 1. The zero-order chi connectivity index (χ0) is 13.7. The molecule has 0 saturated heterocycles. The topological polar surface area (TPSA) is 90.0 Å². The van der Waals surface area contributed by atoms with Crippen LogP contribution in [0.4, 0.5) is 0 Å². The Balaban J connectivity index is 2.15. The Labute approximate surface area is 110 Å². The molecule has 0 saturated carbocycles. The van der Waals surface area contributed by atoms with Gasteiger partial charge in [-0.2, -0.15) is 0 Å². The van der Waals surface area contributed by atoms with Crippen molar-refractivity contribution in [3.8, 4) is 17.2 Å². The number of nitrogens with zero attached hydrogens (tertiary/aromatic N) is 2. The predicted molar refractivity (Wildman–Crippen MR) is 69.8 cm³/mol.